The average molecular weight is 803 g/mol. The fourth-order valence-electron chi connectivity index (χ4n) is 6.86. The second kappa shape index (κ2) is 24.0. The Labute approximate surface area is 343 Å². The Balaban J connectivity index is 1.91. The van der Waals surface area contributed by atoms with Crippen LogP contribution in [-0.4, -0.2) is 68.5 Å². The molecule has 2 aromatic carbocycles. The van der Waals surface area contributed by atoms with Crippen LogP contribution < -0.4 is 4.74 Å². The smallest absolute Gasteiger partial charge is 0.333 e. The molecule has 0 aromatic heterocycles. The summed E-state index contributed by atoms with van der Waals surface area (Å²) in [6.45, 7) is 13.6. The summed E-state index contributed by atoms with van der Waals surface area (Å²) in [4.78, 5) is 73.0. The Morgan fingerprint density at radius 2 is 1.21 bits per heavy atom. The van der Waals surface area contributed by atoms with Crippen LogP contribution in [0.15, 0.2) is 66.8 Å². The Kier molecular flexibility index (Phi) is 19.6. The highest BCUT2D eigenvalue weighted by Crippen LogP contribution is 2.39. The van der Waals surface area contributed by atoms with Crippen LogP contribution in [0.5, 0.6) is 5.75 Å². The van der Waals surface area contributed by atoms with Crippen LogP contribution in [0.1, 0.15) is 122 Å². The van der Waals surface area contributed by atoms with Gasteiger partial charge in [-0.25, -0.2) is 9.59 Å². The maximum atomic E-state index is 12.6. The van der Waals surface area contributed by atoms with E-state index in [9.17, 15) is 28.8 Å². The van der Waals surface area contributed by atoms with Crippen LogP contribution in [0.3, 0.4) is 0 Å². The van der Waals surface area contributed by atoms with Crippen LogP contribution in [0.25, 0.3) is 11.1 Å². The third-order valence-electron chi connectivity index (χ3n) is 10.3. The molecule has 0 N–H and O–H groups in total. The minimum absolute atomic E-state index is 0.111. The summed E-state index contributed by atoms with van der Waals surface area (Å²) in [6, 6.07) is 14.5. The third kappa shape index (κ3) is 16.4. The van der Waals surface area contributed by atoms with Crippen molar-refractivity contribution in [3.05, 3.63) is 77.9 Å². The minimum atomic E-state index is -1.46. The lowest BCUT2D eigenvalue weighted by molar-refractivity contribution is -0.163. The van der Waals surface area contributed by atoms with E-state index in [1.54, 1.807) is 6.92 Å². The molecule has 2 aromatic rings. The highest BCUT2D eigenvalue weighted by atomic mass is 16.6. The second-order valence-corrected chi connectivity index (χ2v) is 15.9. The van der Waals surface area contributed by atoms with Gasteiger partial charge in [-0.15, -0.1) is 0 Å². The maximum absolute atomic E-state index is 12.6. The molecule has 11 nitrogen and oxygen atoms in total. The largest absolute Gasteiger partial charge is 0.492 e. The number of hydrogen-bond acceptors (Lipinski definition) is 11. The molecule has 58 heavy (non-hydrogen) atoms. The van der Waals surface area contributed by atoms with Crippen molar-refractivity contribution in [1.82, 2.24) is 0 Å². The lowest BCUT2D eigenvalue weighted by Gasteiger charge is -2.32. The van der Waals surface area contributed by atoms with Gasteiger partial charge in [-0.3, -0.25) is 19.2 Å². The predicted molar refractivity (Wildman–Crippen MR) is 221 cm³/mol. The van der Waals surface area contributed by atoms with Crippen molar-refractivity contribution >= 4 is 35.4 Å². The van der Waals surface area contributed by atoms with Gasteiger partial charge in [-0.05, 0) is 112 Å². The van der Waals surface area contributed by atoms with E-state index in [1.807, 2.05) is 18.2 Å². The normalized spacial score (nSPS) is 15.1. The number of carbonyl (C=O) groups excluding carboxylic acids is 6. The number of aryl methyl sites for hydroxylation is 1. The molecule has 0 radical (unpaired) electrons. The molecule has 1 fully saturated rings. The fraction of sp³-hybridized carbons (Fsp3) is 0.532. The number of ketones is 2. The molecule has 1 aliphatic rings. The van der Waals surface area contributed by atoms with E-state index in [4.69, 9.17) is 23.7 Å². The standard InChI is InChI=1S/C47H62O11/c1-8-9-10-12-36-14-16-37(17-15-36)38-18-20-39(21-19-38)40-22-23-42(41(27-40)13-11-24-54-45(52)32(2)3)55-28-47(31-58-46(53)33(4)5,29-56-43(50)25-34(6)48)30-57-44(51)26-35(7)49/h18-23,27,36-37H,2,4,8-17,24-26,28-31H2,1,3,5-7H3. The quantitative estimate of drug-likeness (QED) is 0.0312. The van der Waals surface area contributed by atoms with E-state index in [1.165, 1.54) is 77.7 Å². The predicted octanol–water partition coefficient (Wildman–Crippen LogP) is 8.79. The van der Waals surface area contributed by atoms with E-state index < -0.39 is 73.5 Å². The number of ether oxygens (including phenoxy) is 5. The summed E-state index contributed by atoms with van der Waals surface area (Å²) in [5, 5.41) is 0. The lowest BCUT2D eigenvalue weighted by Crippen LogP contribution is -2.44. The van der Waals surface area contributed by atoms with Gasteiger partial charge in [0.1, 0.15) is 62.0 Å². The van der Waals surface area contributed by atoms with Crippen LogP contribution >= 0.6 is 0 Å². The molecule has 0 aliphatic heterocycles. The summed E-state index contributed by atoms with van der Waals surface area (Å²) in [5.41, 5.74) is 3.06. The van der Waals surface area contributed by atoms with Gasteiger partial charge in [0.05, 0.1) is 6.61 Å². The van der Waals surface area contributed by atoms with Gasteiger partial charge < -0.3 is 23.7 Å². The minimum Gasteiger partial charge on any atom is -0.492 e. The summed E-state index contributed by atoms with van der Waals surface area (Å²) >= 11 is 0. The van der Waals surface area contributed by atoms with Gasteiger partial charge >= 0.3 is 23.9 Å². The number of unbranched alkanes of at least 4 members (excludes halogenated alkanes) is 2. The van der Waals surface area contributed by atoms with E-state index in [0.717, 1.165) is 22.6 Å². The van der Waals surface area contributed by atoms with Gasteiger partial charge in [0, 0.05) is 11.1 Å². The topological polar surface area (TPSA) is 149 Å². The molecule has 0 amide bonds. The first kappa shape index (κ1) is 47.3. The number of rotatable bonds is 25. The number of Topliss-reactive ketones (excluding diaryl/α,β-unsaturated/α-hetero) is 2. The highest BCUT2D eigenvalue weighted by molar-refractivity contribution is 5.94. The number of benzene rings is 2. The molecular formula is C47H62O11. The van der Waals surface area contributed by atoms with Crippen LogP contribution in [0.2, 0.25) is 0 Å². The van der Waals surface area contributed by atoms with Crippen LogP contribution in [0.4, 0.5) is 0 Å². The van der Waals surface area contributed by atoms with Crippen molar-refractivity contribution in [3.63, 3.8) is 0 Å². The Morgan fingerprint density at radius 1 is 0.655 bits per heavy atom. The first-order chi connectivity index (χ1) is 27.6. The first-order valence-corrected chi connectivity index (χ1v) is 20.4. The van der Waals surface area contributed by atoms with Crippen LogP contribution in [-0.2, 0) is 54.1 Å². The lowest BCUT2D eigenvalue weighted by atomic mass is 9.77. The zero-order chi connectivity index (χ0) is 42.7. The first-order valence-electron chi connectivity index (χ1n) is 20.4. The van der Waals surface area contributed by atoms with E-state index in [2.05, 4.69) is 44.3 Å². The molecule has 316 valence electrons. The van der Waals surface area contributed by atoms with Gasteiger partial charge in [0.2, 0.25) is 0 Å². The maximum Gasteiger partial charge on any atom is 0.333 e. The molecule has 0 saturated heterocycles. The molecule has 3 rings (SSSR count). The molecule has 0 atom stereocenters. The second-order valence-electron chi connectivity index (χ2n) is 15.9. The zero-order valence-electron chi connectivity index (χ0n) is 35.1. The van der Waals surface area contributed by atoms with Gasteiger partial charge in [-0.2, -0.15) is 0 Å². The van der Waals surface area contributed by atoms with Gasteiger partial charge in [0.25, 0.3) is 0 Å². The van der Waals surface area contributed by atoms with E-state index in [0.29, 0.717) is 30.1 Å². The molecule has 0 spiro atoms. The van der Waals surface area contributed by atoms with Crippen molar-refractivity contribution in [2.45, 2.75) is 118 Å². The van der Waals surface area contributed by atoms with Crippen molar-refractivity contribution in [2.24, 2.45) is 11.3 Å². The molecule has 1 aliphatic carbocycles. The summed E-state index contributed by atoms with van der Waals surface area (Å²) in [5.74, 6) is -1.85. The number of esters is 4. The molecular weight excluding hydrogens is 741 g/mol. The summed E-state index contributed by atoms with van der Waals surface area (Å²) in [7, 11) is 0. The van der Waals surface area contributed by atoms with Crippen molar-refractivity contribution < 1.29 is 52.5 Å². The summed E-state index contributed by atoms with van der Waals surface area (Å²) in [6.07, 6.45) is 10.1. The fourth-order valence-corrected chi connectivity index (χ4v) is 6.86. The third-order valence-corrected chi connectivity index (χ3v) is 10.3. The van der Waals surface area contributed by atoms with Crippen LogP contribution in [0, 0.1) is 11.3 Å². The van der Waals surface area contributed by atoms with Gasteiger partial charge in [-0.1, -0.05) is 76.1 Å². The van der Waals surface area contributed by atoms with Crippen molar-refractivity contribution in [2.75, 3.05) is 33.0 Å². The Morgan fingerprint density at radius 3 is 1.76 bits per heavy atom. The number of hydrogen-bond donors (Lipinski definition) is 0. The number of carbonyl (C=O) groups is 6. The zero-order valence-corrected chi connectivity index (χ0v) is 35.1. The molecule has 0 bridgehead atoms. The molecule has 0 unspecified atom stereocenters. The molecule has 11 heteroatoms. The average Bonchev–Trinajstić information content (AvgIpc) is 3.18. The summed E-state index contributed by atoms with van der Waals surface area (Å²) < 4.78 is 28.2. The van der Waals surface area contributed by atoms with Crippen molar-refractivity contribution in [1.29, 1.82) is 0 Å². The van der Waals surface area contributed by atoms with E-state index in [-0.39, 0.29) is 18.8 Å². The molecule has 1 saturated carbocycles. The monoisotopic (exact) mass is 802 g/mol. The van der Waals surface area contributed by atoms with E-state index >= 15 is 0 Å². The molecule has 0 heterocycles. The van der Waals surface area contributed by atoms with Gasteiger partial charge in [0.15, 0.2) is 0 Å². The van der Waals surface area contributed by atoms with Crippen molar-refractivity contribution in [3.8, 4) is 16.9 Å². The Hall–Kier alpha value is -5.06. The Bertz CT molecular complexity index is 1720. The SMILES string of the molecule is C=C(C)C(=O)OCCCc1cc(-c2ccc(C3CCC(CCCCC)CC3)cc2)ccc1OCC(COC(=O)CC(C)=O)(COC(=O)CC(C)=O)COC(=O)C(=C)C. The highest BCUT2D eigenvalue weighted by Gasteiger charge is 2.38.